The summed E-state index contributed by atoms with van der Waals surface area (Å²) in [4.78, 5) is 14.9. The Kier molecular flexibility index (Phi) is 6.96. The summed E-state index contributed by atoms with van der Waals surface area (Å²) >= 11 is 0. The van der Waals surface area contributed by atoms with Gasteiger partial charge in [0, 0.05) is 38.2 Å². The summed E-state index contributed by atoms with van der Waals surface area (Å²) in [6, 6.07) is 8.16. The number of amides is 1. The second-order valence-electron chi connectivity index (χ2n) is 8.56. The number of fused-ring (bicyclic) bond motifs is 3. The van der Waals surface area contributed by atoms with E-state index in [2.05, 4.69) is 12.1 Å². The Morgan fingerprint density at radius 2 is 1.79 bits per heavy atom. The zero-order valence-corrected chi connectivity index (χ0v) is 17.6. The van der Waals surface area contributed by atoms with Gasteiger partial charge in [-0.05, 0) is 61.6 Å². The van der Waals surface area contributed by atoms with Gasteiger partial charge in [-0.15, -0.1) is 0 Å². The molecule has 3 aliphatic carbocycles. The van der Waals surface area contributed by atoms with Crippen LogP contribution in [0.15, 0.2) is 36.2 Å². The fraction of sp³-hybridized carbons (Fsp3) is 0.609. The van der Waals surface area contributed by atoms with Gasteiger partial charge in [0.25, 0.3) is 0 Å². The van der Waals surface area contributed by atoms with Crippen molar-refractivity contribution in [2.45, 2.75) is 43.9 Å². The molecule has 6 heteroatoms. The number of ether oxygens (including phenoxy) is 2. The van der Waals surface area contributed by atoms with E-state index >= 15 is 0 Å². The van der Waals surface area contributed by atoms with Crippen molar-refractivity contribution in [3.8, 4) is 5.75 Å². The molecule has 0 atom stereocenters. The molecule has 29 heavy (non-hydrogen) atoms. The molecule has 1 amide bonds. The van der Waals surface area contributed by atoms with E-state index in [4.69, 9.17) is 15.2 Å². The van der Waals surface area contributed by atoms with E-state index in [0.29, 0.717) is 30.8 Å². The minimum Gasteiger partial charge on any atom is -0.489 e. The Labute approximate surface area is 173 Å². The Bertz CT molecular complexity index is 708. The molecule has 0 heterocycles. The average molecular weight is 405 g/mol. The molecule has 1 aromatic carbocycles. The highest BCUT2D eigenvalue weighted by molar-refractivity contribution is 5.83. The van der Waals surface area contributed by atoms with Crippen molar-refractivity contribution in [3.05, 3.63) is 41.7 Å². The molecule has 3 saturated carbocycles. The lowest BCUT2D eigenvalue weighted by molar-refractivity contribution is -0.148. The Morgan fingerprint density at radius 1 is 1.17 bits per heavy atom. The molecule has 0 radical (unpaired) electrons. The van der Waals surface area contributed by atoms with Crippen LogP contribution in [-0.4, -0.2) is 51.3 Å². The number of likely N-dealkylation sites (N-methyl/N-ethyl adjacent to an activating group) is 1. The topological polar surface area (TPSA) is 64.8 Å². The maximum absolute atomic E-state index is 13.1. The molecule has 0 saturated heterocycles. The predicted octanol–water partition coefficient (Wildman–Crippen LogP) is 3.57. The number of hydrogen-bond donors (Lipinski definition) is 1. The Balaban J connectivity index is 1.62. The lowest BCUT2D eigenvalue weighted by atomic mass is 9.51. The fourth-order valence-electron chi connectivity index (χ4n) is 4.89. The monoisotopic (exact) mass is 404 g/mol. The molecule has 2 N–H and O–H groups in total. The van der Waals surface area contributed by atoms with Gasteiger partial charge in [0.05, 0.1) is 12.9 Å². The molecule has 2 bridgehead atoms. The highest BCUT2D eigenvalue weighted by Gasteiger charge is 2.53. The molecule has 3 aliphatic rings. The van der Waals surface area contributed by atoms with E-state index in [9.17, 15) is 9.18 Å². The Hall–Kier alpha value is -1.92. The highest BCUT2D eigenvalue weighted by Crippen LogP contribution is 2.58. The highest BCUT2D eigenvalue weighted by atomic mass is 19.1. The van der Waals surface area contributed by atoms with Crippen molar-refractivity contribution in [2.75, 3.05) is 40.5 Å². The zero-order valence-electron chi connectivity index (χ0n) is 17.6. The quantitative estimate of drug-likeness (QED) is 0.683. The molecule has 4 rings (SSSR count). The number of hydrogen-bond acceptors (Lipinski definition) is 4. The third-order valence-corrected chi connectivity index (χ3v) is 6.98. The fourth-order valence-corrected chi connectivity index (χ4v) is 4.89. The first-order valence-corrected chi connectivity index (χ1v) is 10.4. The molecular formula is C23H33FN2O3. The zero-order chi connectivity index (χ0) is 20.9. The van der Waals surface area contributed by atoms with Crippen LogP contribution in [0.25, 0.3) is 0 Å². The number of rotatable bonds is 9. The van der Waals surface area contributed by atoms with Gasteiger partial charge < -0.3 is 20.1 Å². The van der Waals surface area contributed by atoms with Crippen LogP contribution in [0.2, 0.25) is 0 Å². The number of carbonyl (C=O) groups is 1. The number of carbonyl (C=O) groups excluding carboxylic acids is 1. The van der Waals surface area contributed by atoms with E-state index in [1.165, 1.54) is 5.56 Å². The van der Waals surface area contributed by atoms with E-state index in [-0.39, 0.29) is 29.9 Å². The van der Waals surface area contributed by atoms with Crippen LogP contribution in [0, 0.1) is 5.41 Å². The van der Waals surface area contributed by atoms with E-state index in [1.54, 1.807) is 7.11 Å². The van der Waals surface area contributed by atoms with Crippen LogP contribution in [0.5, 0.6) is 5.75 Å². The molecule has 0 aliphatic heterocycles. The first-order chi connectivity index (χ1) is 14.0. The van der Waals surface area contributed by atoms with Crippen molar-refractivity contribution in [1.29, 1.82) is 0 Å². The normalized spacial score (nSPS) is 26.4. The van der Waals surface area contributed by atoms with Gasteiger partial charge >= 0.3 is 0 Å². The van der Waals surface area contributed by atoms with Gasteiger partial charge in [0.2, 0.25) is 5.91 Å². The number of methoxy groups -OCH3 is 1. The van der Waals surface area contributed by atoms with Gasteiger partial charge in [0.1, 0.15) is 12.4 Å². The van der Waals surface area contributed by atoms with Crippen molar-refractivity contribution in [3.63, 3.8) is 0 Å². The number of nitrogens with zero attached hydrogens (tertiary/aromatic N) is 1. The molecule has 0 unspecified atom stereocenters. The van der Waals surface area contributed by atoms with Gasteiger partial charge in [-0.25, -0.2) is 4.39 Å². The summed E-state index contributed by atoms with van der Waals surface area (Å²) in [5.74, 6) is 0.997. The van der Waals surface area contributed by atoms with E-state index in [1.807, 2.05) is 24.1 Å². The average Bonchev–Trinajstić information content (AvgIpc) is 2.79. The number of halogens is 1. The number of benzene rings is 1. The minimum absolute atomic E-state index is 0.152. The van der Waals surface area contributed by atoms with Crippen LogP contribution < -0.4 is 10.5 Å². The van der Waals surface area contributed by atoms with Crippen LogP contribution >= 0.6 is 0 Å². The van der Waals surface area contributed by atoms with Crippen molar-refractivity contribution >= 4 is 5.91 Å². The van der Waals surface area contributed by atoms with Gasteiger partial charge in [-0.3, -0.25) is 4.79 Å². The lowest BCUT2D eigenvalue weighted by Gasteiger charge is -2.53. The van der Waals surface area contributed by atoms with E-state index in [0.717, 1.165) is 38.5 Å². The summed E-state index contributed by atoms with van der Waals surface area (Å²) in [6.07, 6.45) is 6.47. The van der Waals surface area contributed by atoms with Crippen LogP contribution in [0.1, 0.15) is 44.1 Å². The lowest BCUT2D eigenvalue weighted by Crippen LogP contribution is -2.52. The SMILES string of the molecule is COCCN(C)C(=O)C12CCC(c3ccc(OC/C(=C/F)CN)cc3)(CC1)CC2. The molecule has 1 aromatic rings. The van der Waals surface area contributed by atoms with E-state index < -0.39 is 0 Å². The predicted molar refractivity (Wildman–Crippen MR) is 112 cm³/mol. The number of nitrogens with two attached hydrogens (primary N) is 1. The largest absolute Gasteiger partial charge is 0.489 e. The molecule has 160 valence electrons. The Morgan fingerprint density at radius 3 is 2.31 bits per heavy atom. The third-order valence-electron chi connectivity index (χ3n) is 6.98. The minimum atomic E-state index is -0.190. The van der Waals surface area contributed by atoms with Crippen molar-refractivity contribution < 1.29 is 18.7 Å². The van der Waals surface area contributed by atoms with Gasteiger partial charge in [0.15, 0.2) is 0 Å². The maximum atomic E-state index is 13.1. The third kappa shape index (κ3) is 4.48. The van der Waals surface area contributed by atoms with Crippen LogP contribution in [-0.2, 0) is 14.9 Å². The summed E-state index contributed by atoms with van der Waals surface area (Å²) in [7, 11) is 3.55. The maximum Gasteiger partial charge on any atom is 0.228 e. The van der Waals surface area contributed by atoms with Crippen molar-refractivity contribution in [2.24, 2.45) is 11.1 Å². The first kappa shape index (κ1) is 21.8. The van der Waals surface area contributed by atoms with Crippen LogP contribution in [0.3, 0.4) is 0 Å². The molecule has 5 nitrogen and oxygen atoms in total. The summed E-state index contributed by atoms with van der Waals surface area (Å²) in [5, 5.41) is 0. The first-order valence-electron chi connectivity index (χ1n) is 10.4. The summed E-state index contributed by atoms with van der Waals surface area (Å²) < 4.78 is 23.4. The molecule has 0 spiro atoms. The van der Waals surface area contributed by atoms with Crippen LogP contribution in [0.4, 0.5) is 4.39 Å². The molecule has 3 fully saturated rings. The van der Waals surface area contributed by atoms with Crippen molar-refractivity contribution in [1.82, 2.24) is 4.90 Å². The second kappa shape index (κ2) is 9.26. The van der Waals surface area contributed by atoms with Gasteiger partial charge in [-0.1, -0.05) is 12.1 Å². The van der Waals surface area contributed by atoms with Gasteiger partial charge in [-0.2, -0.15) is 0 Å². The second-order valence-corrected chi connectivity index (χ2v) is 8.56. The standard InChI is InChI=1S/C23H33FN2O3/c1-26(13-14-28-2)21(27)23-10-7-22(8-11-23,9-12-23)19-3-5-20(6-4-19)29-17-18(15-24)16-25/h3-6,15H,7-14,16-17,25H2,1-2H3/b18-15+. The molecular weight excluding hydrogens is 371 g/mol. The molecule has 0 aromatic heterocycles. The smallest absolute Gasteiger partial charge is 0.228 e. The summed E-state index contributed by atoms with van der Waals surface area (Å²) in [5.41, 5.74) is 7.18. The summed E-state index contributed by atoms with van der Waals surface area (Å²) in [6.45, 7) is 1.54.